The Morgan fingerprint density at radius 3 is 2.34 bits per heavy atom. The normalized spacial score (nSPS) is 10.9. The van der Waals surface area contributed by atoms with E-state index in [-0.39, 0.29) is 5.69 Å². The first-order valence-electron chi connectivity index (χ1n) is 12.0. The highest BCUT2D eigenvalue weighted by Gasteiger charge is 2.24. The second kappa shape index (κ2) is 10.2. The minimum atomic E-state index is -1.15. The second-order valence-electron chi connectivity index (χ2n) is 8.81. The van der Waals surface area contributed by atoms with E-state index in [9.17, 15) is 9.90 Å². The maximum Gasteiger partial charge on any atom is 0.358 e. The van der Waals surface area contributed by atoms with Gasteiger partial charge in [0.1, 0.15) is 23.6 Å². The van der Waals surface area contributed by atoms with Crippen molar-refractivity contribution in [2.75, 3.05) is 19.5 Å². The number of hydrogen-bond donors (Lipinski definition) is 2. The summed E-state index contributed by atoms with van der Waals surface area (Å²) in [6.07, 6.45) is 1.61. The number of carboxylic acids is 1. The van der Waals surface area contributed by atoms with Crippen molar-refractivity contribution < 1.29 is 19.4 Å². The minimum Gasteiger partial charge on any atom is -0.497 e. The molecule has 0 saturated carbocycles. The molecule has 0 bridgehead atoms. The molecule has 2 aromatic carbocycles. The van der Waals surface area contributed by atoms with Gasteiger partial charge in [0.05, 0.1) is 25.5 Å². The van der Waals surface area contributed by atoms with Crippen LogP contribution in [-0.2, 0) is 6.54 Å². The number of methoxy groups -OCH3 is 2. The summed E-state index contributed by atoms with van der Waals surface area (Å²) in [6.45, 7) is 4.15. The molecule has 192 valence electrons. The van der Waals surface area contributed by atoms with Crippen molar-refractivity contribution >= 4 is 17.4 Å². The van der Waals surface area contributed by atoms with E-state index in [1.807, 2.05) is 68.4 Å². The number of carboxylic acid groups (broad SMARTS) is 1. The van der Waals surface area contributed by atoms with Crippen LogP contribution >= 0.6 is 0 Å². The van der Waals surface area contributed by atoms with Gasteiger partial charge < -0.3 is 19.9 Å². The van der Waals surface area contributed by atoms with Gasteiger partial charge in [-0.25, -0.2) is 14.8 Å². The maximum atomic E-state index is 12.3. The highest BCUT2D eigenvalue weighted by Crippen LogP contribution is 2.36. The summed E-state index contributed by atoms with van der Waals surface area (Å²) >= 11 is 0. The van der Waals surface area contributed by atoms with Crippen molar-refractivity contribution in [3.63, 3.8) is 0 Å². The number of benzene rings is 2. The van der Waals surface area contributed by atoms with Crippen LogP contribution in [0.5, 0.6) is 11.5 Å². The average Bonchev–Trinajstić information content (AvgIpc) is 3.30. The minimum absolute atomic E-state index is 0.103. The van der Waals surface area contributed by atoms with E-state index >= 15 is 0 Å². The molecule has 2 N–H and O–H groups in total. The first kappa shape index (κ1) is 24.8. The molecule has 0 fully saturated rings. The van der Waals surface area contributed by atoms with Gasteiger partial charge in [-0.15, -0.1) is 0 Å². The fraction of sp³-hybridized carbons (Fsp3) is 0.172. The molecule has 0 aliphatic heterocycles. The zero-order chi connectivity index (χ0) is 26.8. The quantitative estimate of drug-likeness (QED) is 0.286. The molecule has 0 amide bonds. The number of hydrogen-bond acceptors (Lipinski definition) is 7. The molecule has 0 aliphatic carbocycles. The Morgan fingerprint density at radius 2 is 1.68 bits per heavy atom. The number of fused-ring (bicyclic) bond motifs is 1. The fourth-order valence-corrected chi connectivity index (χ4v) is 4.56. The first-order valence-corrected chi connectivity index (χ1v) is 12.0. The monoisotopic (exact) mass is 509 g/mol. The van der Waals surface area contributed by atoms with Crippen LogP contribution < -0.4 is 14.8 Å². The number of aromatic nitrogens is 4. The van der Waals surface area contributed by atoms with E-state index in [1.54, 1.807) is 31.0 Å². The molecule has 3 heterocycles. The number of carbonyl (C=O) groups is 1. The molecule has 9 heteroatoms. The number of nitrogens with one attached hydrogen (secondary N) is 1. The molecule has 5 rings (SSSR count). The van der Waals surface area contributed by atoms with Gasteiger partial charge >= 0.3 is 5.97 Å². The summed E-state index contributed by atoms with van der Waals surface area (Å²) in [5, 5.41) is 13.3. The van der Waals surface area contributed by atoms with Crippen molar-refractivity contribution in [3.8, 4) is 33.9 Å². The number of imidazole rings is 1. The van der Waals surface area contributed by atoms with Crippen molar-refractivity contribution in [1.29, 1.82) is 0 Å². The van der Waals surface area contributed by atoms with Gasteiger partial charge in [0.15, 0.2) is 11.3 Å². The molecular weight excluding hydrogens is 482 g/mol. The van der Waals surface area contributed by atoms with Gasteiger partial charge in [0.2, 0.25) is 0 Å². The van der Waals surface area contributed by atoms with Gasteiger partial charge in [-0.05, 0) is 43.7 Å². The maximum absolute atomic E-state index is 12.3. The Morgan fingerprint density at radius 1 is 0.947 bits per heavy atom. The number of aryl methyl sites for hydroxylation is 2. The van der Waals surface area contributed by atoms with Crippen LogP contribution in [0.1, 0.15) is 27.4 Å². The Kier molecular flexibility index (Phi) is 6.66. The van der Waals surface area contributed by atoms with Gasteiger partial charge in [0, 0.05) is 35.1 Å². The summed E-state index contributed by atoms with van der Waals surface area (Å²) in [5.74, 6) is 0.459. The SMILES string of the molecule is COc1ccc(CNc2c(C(=O)O)nc3c(-c4cc(C)nc(C)c4)c(-c4ccccc4)ncn23)c(OC)c1. The lowest BCUT2D eigenvalue weighted by Crippen LogP contribution is -2.09. The average molecular weight is 510 g/mol. The Balaban J connectivity index is 1.70. The number of pyridine rings is 1. The van der Waals surface area contributed by atoms with E-state index in [4.69, 9.17) is 14.5 Å². The lowest BCUT2D eigenvalue weighted by Gasteiger charge is -2.14. The van der Waals surface area contributed by atoms with Crippen molar-refractivity contribution in [3.05, 3.63) is 89.6 Å². The Bertz CT molecular complexity index is 1630. The van der Waals surface area contributed by atoms with Crippen LogP contribution in [0.25, 0.3) is 28.0 Å². The zero-order valence-electron chi connectivity index (χ0n) is 21.5. The van der Waals surface area contributed by atoms with E-state index < -0.39 is 5.97 Å². The van der Waals surface area contributed by atoms with E-state index in [2.05, 4.69) is 15.3 Å². The van der Waals surface area contributed by atoms with Crippen molar-refractivity contribution in [2.24, 2.45) is 0 Å². The lowest BCUT2D eigenvalue weighted by atomic mass is 9.99. The van der Waals surface area contributed by atoms with Crippen LogP contribution in [-0.4, -0.2) is 44.6 Å². The summed E-state index contributed by atoms with van der Waals surface area (Å²) in [5.41, 5.74) is 6.07. The lowest BCUT2D eigenvalue weighted by molar-refractivity contribution is 0.0692. The van der Waals surface area contributed by atoms with Crippen LogP contribution in [0.2, 0.25) is 0 Å². The summed E-state index contributed by atoms with van der Waals surface area (Å²) in [7, 11) is 3.17. The molecule has 0 aliphatic rings. The molecule has 0 saturated heterocycles. The highest BCUT2D eigenvalue weighted by atomic mass is 16.5. The summed E-state index contributed by atoms with van der Waals surface area (Å²) in [6, 6.07) is 19.2. The zero-order valence-corrected chi connectivity index (χ0v) is 21.5. The second-order valence-corrected chi connectivity index (χ2v) is 8.81. The summed E-state index contributed by atoms with van der Waals surface area (Å²) in [4.78, 5) is 26.2. The third kappa shape index (κ3) is 4.61. The predicted molar refractivity (Wildman–Crippen MR) is 145 cm³/mol. The topological polar surface area (TPSA) is 111 Å². The first-order chi connectivity index (χ1) is 18.4. The van der Waals surface area contributed by atoms with Gasteiger partial charge in [-0.1, -0.05) is 30.3 Å². The molecule has 5 aromatic rings. The molecule has 3 aromatic heterocycles. The number of ether oxygens (including phenoxy) is 2. The number of nitrogens with zero attached hydrogens (tertiary/aromatic N) is 4. The standard InChI is InChI=1S/C29H27N5O4/c1-17-12-21(13-18(2)32-17)24-25(19-8-6-5-7-9-19)31-16-34-27(24)33-26(29(35)36)28(34)30-15-20-10-11-22(37-3)14-23(20)38-4/h5-14,16,30H,15H2,1-4H3,(H,35,36). The molecule has 0 atom stereocenters. The van der Waals surface area contributed by atoms with Crippen LogP contribution in [0.4, 0.5) is 5.82 Å². The molecule has 0 radical (unpaired) electrons. The van der Waals surface area contributed by atoms with E-state index in [0.29, 0.717) is 35.2 Å². The third-order valence-electron chi connectivity index (χ3n) is 6.23. The Hall–Kier alpha value is -4.92. The van der Waals surface area contributed by atoms with Crippen LogP contribution in [0, 0.1) is 13.8 Å². The molecule has 38 heavy (non-hydrogen) atoms. The molecule has 0 unspecified atom stereocenters. The smallest absolute Gasteiger partial charge is 0.358 e. The highest BCUT2D eigenvalue weighted by molar-refractivity contribution is 5.97. The van der Waals surface area contributed by atoms with E-state index in [0.717, 1.165) is 33.6 Å². The summed E-state index contributed by atoms with van der Waals surface area (Å²) < 4.78 is 12.5. The predicted octanol–water partition coefficient (Wildman–Crippen LogP) is 5.40. The van der Waals surface area contributed by atoms with Gasteiger partial charge in [-0.3, -0.25) is 9.38 Å². The number of aromatic carboxylic acids is 1. The molecule has 0 spiro atoms. The Labute approximate surface area is 219 Å². The van der Waals surface area contributed by atoms with E-state index in [1.165, 1.54) is 0 Å². The number of rotatable bonds is 8. The molecular formula is C29H27N5O4. The van der Waals surface area contributed by atoms with Crippen molar-refractivity contribution in [2.45, 2.75) is 20.4 Å². The number of anilines is 1. The van der Waals surface area contributed by atoms with Crippen LogP contribution in [0.3, 0.4) is 0 Å². The fourth-order valence-electron chi connectivity index (χ4n) is 4.56. The van der Waals surface area contributed by atoms with Gasteiger partial charge in [0.25, 0.3) is 0 Å². The third-order valence-corrected chi connectivity index (χ3v) is 6.23. The molecule has 9 nitrogen and oxygen atoms in total. The van der Waals surface area contributed by atoms with Gasteiger partial charge in [-0.2, -0.15) is 0 Å². The van der Waals surface area contributed by atoms with Crippen molar-refractivity contribution in [1.82, 2.24) is 19.4 Å². The van der Waals surface area contributed by atoms with Crippen LogP contribution in [0.15, 0.2) is 67.0 Å². The largest absolute Gasteiger partial charge is 0.497 e.